The van der Waals surface area contributed by atoms with Crippen LogP contribution >= 0.6 is 0 Å². The summed E-state index contributed by atoms with van der Waals surface area (Å²) < 4.78 is 0. The number of aliphatic hydroxyl groups is 2. The smallest absolute Gasteiger partial charge is 0.227 e. The maximum Gasteiger partial charge on any atom is 0.227 e. The summed E-state index contributed by atoms with van der Waals surface area (Å²) in [5.74, 6) is 0.596. The molecule has 2 fully saturated rings. The molecule has 2 heterocycles. The summed E-state index contributed by atoms with van der Waals surface area (Å²) in [6.07, 6.45) is 1.88. The zero-order valence-electron chi connectivity index (χ0n) is 16.3. The Balaban J connectivity index is 1.37. The second-order valence-corrected chi connectivity index (χ2v) is 8.39. The van der Waals surface area contributed by atoms with Crippen LogP contribution in [0.5, 0.6) is 0 Å². The van der Waals surface area contributed by atoms with E-state index >= 15 is 0 Å². The van der Waals surface area contributed by atoms with E-state index in [4.69, 9.17) is 0 Å². The molecule has 0 aromatic heterocycles. The van der Waals surface area contributed by atoms with Gasteiger partial charge in [-0.25, -0.2) is 0 Å². The molecule has 0 aliphatic carbocycles. The number of likely N-dealkylation sites (tertiary alicyclic amines) is 2. The van der Waals surface area contributed by atoms with Crippen molar-refractivity contribution in [2.45, 2.75) is 25.4 Å². The van der Waals surface area contributed by atoms with Crippen molar-refractivity contribution in [3.63, 3.8) is 0 Å². The van der Waals surface area contributed by atoms with Gasteiger partial charge in [0.25, 0.3) is 0 Å². The average molecular weight is 383 g/mol. The molecule has 5 heteroatoms. The molecular weight excluding hydrogens is 352 g/mol. The summed E-state index contributed by atoms with van der Waals surface area (Å²) in [6, 6.07) is 14.4. The number of rotatable bonds is 5. The number of hydrogen-bond acceptors (Lipinski definition) is 4. The molecule has 0 bridgehead atoms. The number of piperidine rings is 1. The Labute approximate surface area is 166 Å². The highest BCUT2D eigenvalue weighted by Gasteiger charge is 2.36. The first-order valence-corrected chi connectivity index (χ1v) is 10.4. The van der Waals surface area contributed by atoms with E-state index in [0.29, 0.717) is 18.9 Å². The molecule has 5 nitrogen and oxygen atoms in total. The maximum absolute atomic E-state index is 12.9. The van der Waals surface area contributed by atoms with Crippen molar-refractivity contribution in [3.8, 4) is 0 Å². The number of amides is 1. The van der Waals surface area contributed by atoms with Gasteiger partial charge in [0.2, 0.25) is 5.91 Å². The van der Waals surface area contributed by atoms with Gasteiger partial charge in [-0.2, -0.15) is 0 Å². The Morgan fingerprint density at radius 1 is 1.00 bits per heavy atom. The molecule has 28 heavy (non-hydrogen) atoms. The third-order valence-electron chi connectivity index (χ3n) is 6.38. The van der Waals surface area contributed by atoms with E-state index in [1.807, 2.05) is 23.1 Å². The minimum Gasteiger partial charge on any atom is -0.396 e. The molecule has 0 saturated carbocycles. The summed E-state index contributed by atoms with van der Waals surface area (Å²) in [4.78, 5) is 17.2. The van der Waals surface area contributed by atoms with Gasteiger partial charge in [0.05, 0.1) is 12.5 Å². The third-order valence-corrected chi connectivity index (χ3v) is 6.38. The van der Waals surface area contributed by atoms with Crippen LogP contribution in [0.3, 0.4) is 0 Å². The molecular formula is C23H30N2O3. The van der Waals surface area contributed by atoms with Crippen molar-refractivity contribution in [2.75, 3.05) is 39.3 Å². The molecule has 1 amide bonds. The van der Waals surface area contributed by atoms with Crippen LogP contribution in [0, 0.1) is 11.8 Å². The predicted octanol–water partition coefficient (Wildman–Crippen LogP) is 1.91. The average Bonchev–Trinajstić information content (AvgIpc) is 3.12. The molecule has 2 aliphatic heterocycles. The normalized spacial score (nSPS) is 24.1. The van der Waals surface area contributed by atoms with E-state index in [0.717, 1.165) is 50.0 Å². The van der Waals surface area contributed by atoms with Crippen LogP contribution in [-0.4, -0.2) is 71.4 Å². The van der Waals surface area contributed by atoms with Gasteiger partial charge < -0.3 is 20.0 Å². The van der Waals surface area contributed by atoms with Gasteiger partial charge in [0, 0.05) is 45.2 Å². The number of aliphatic hydroxyl groups excluding tert-OH is 2. The Morgan fingerprint density at radius 2 is 1.71 bits per heavy atom. The van der Waals surface area contributed by atoms with Crippen molar-refractivity contribution in [1.29, 1.82) is 0 Å². The van der Waals surface area contributed by atoms with Crippen molar-refractivity contribution in [3.05, 3.63) is 48.0 Å². The highest BCUT2D eigenvalue weighted by Crippen LogP contribution is 2.26. The van der Waals surface area contributed by atoms with E-state index in [1.54, 1.807) is 0 Å². The van der Waals surface area contributed by atoms with Crippen LogP contribution in [0.4, 0.5) is 0 Å². The largest absolute Gasteiger partial charge is 0.396 e. The summed E-state index contributed by atoms with van der Waals surface area (Å²) in [5, 5.41) is 21.9. The zero-order valence-corrected chi connectivity index (χ0v) is 16.3. The molecule has 4 rings (SSSR count). The molecule has 2 N–H and O–H groups in total. The Bertz CT molecular complexity index is 816. The number of fused-ring (bicyclic) bond motifs is 1. The van der Waals surface area contributed by atoms with Crippen LogP contribution in [0.1, 0.15) is 18.4 Å². The third kappa shape index (κ3) is 4.37. The molecule has 2 aromatic carbocycles. The first-order chi connectivity index (χ1) is 13.6. The van der Waals surface area contributed by atoms with Crippen LogP contribution in [-0.2, 0) is 11.2 Å². The van der Waals surface area contributed by atoms with Crippen molar-refractivity contribution in [2.24, 2.45) is 11.8 Å². The summed E-state index contributed by atoms with van der Waals surface area (Å²) in [5.41, 5.74) is 1.04. The van der Waals surface area contributed by atoms with Gasteiger partial charge in [0.1, 0.15) is 0 Å². The number of carbonyl (C=O) groups is 1. The monoisotopic (exact) mass is 382 g/mol. The molecule has 150 valence electrons. The standard InChI is InChI=1S/C23H30N2O3/c26-16-21-15-25(14-20(21)13-24-9-7-22(27)8-10-24)23(28)12-17-5-6-18-3-1-2-4-19(18)11-17/h1-6,11,20-22,26-27H,7-10,12-16H2/t20-,21-/m1/s1. The number of carbonyl (C=O) groups excluding carboxylic acids is 1. The maximum atomic E-state index is 12.9. The molecule has 2 aliphatic rings. The first kappa shape index (κ1) is 19.4. The fourth-order valence-corrected chi connectivity index (χ4v) is 4.62. The summed E-state index contributed by atoms with van der Waals surface area (Å²) >= 11 is 0. The molecule has 2 aromatic rings. The summed E-state index contributed by atoms with van der Waals surface area (Å²) in [7, 11) is 0. The van der Waals surface area contributed by atoms with E-state index in [2.05, 4.69) is 29.2 Å². The lowest BCUT2D eigenvalue weighted by atomic mass is 9.95. The lowest BCUT2D eigenvalue weighted by molar-refractivity contribution is -0.129. The minimum atomic E-state index is -0.173. The Morgan fingerprint density at radius 3 is 2.46 bits per heavy atom. The molecule has 2 saturated heterocycles. The van der Waals surface area contributed by atoms with Gasteiger partial charge in [-0.15, -0.1) is 0 Å². The Kier molecular flexibility index (Phi) is 5.95. The second-order valence-electron chi connectivity index (χ2n) is 8.39. The van der Waals surface area contributed by atoms with Gasteiger partial charge in [-0.3, -0.25) is 4.79 Å². The summed E-state index contributed by atoms with van der Waals surface area (Å²) in [6.45, 7) is 4.20. The van der Waals surface area contributed by atoms with Gasteiger partial charge in [-0.1, -0.05) is 42.5 Å². The van der Waals surface area contributed by atoms with Crippen LogP contribution in [0.2, 0.25) is 0 Å². The highest BCUT2D eigenvalue weighted by molar-refractivity contribution is 5.85. The number of benzene rings is 2. The van der Waals surface area contributed by atoms with Gasteiger partial charge in [-0.05, 0) is 35.1 Å². The molecule has 0 spiro atoms. The molecule has 0 radical (unpaired) electrons. The Hall–Kier alpha value is -1.95. The second kappa shape index (κ2) is 8.60. The van der Waals surface area contributed by atoms with E-state index in [-0.39, 0.29) is 24.5 Å². The van der Waals surface area contributed by atoms with E-state index in [9.17, 15) is 15.0 Å². The molecule has 2 atom stereocenters. The minimum absolute atomic E-state index is 0.126. The lowest BCUT2D eigenvalue weighted by Crippen LogP contribution is -2.40. The fraction of sp³-hybridized carbons (Fsp3) is 0.522. The van der Waals surface area contributed by atoms with Crippen molar-refractivity contribution in [1.82, 2.24) is 9.80 Å². The highest BCUT2D eigenvalue weighted by atomic mass is 16.3. The predicted molar refractivity (Wildman–Crippen MR) is 110 cm³/mol. The van der Waals surface area contributed by atoms with Crippen molar-refractivity contribution < 1.29 is 15.0 Å². The molecule has 0 unspecified atom stereocenters. The zero-order chi connectivity index (χ0) is 19.5. The fourth-order valence-electron chi connectivity index (χ4n) is 4.62. The number of nitrogens with zero attached hydrogens (tertiary/aromatic N) is 2. The van der Waals surface area contributed by atoms with Crippen LogP contribution < -0.4 is 0 Å². The lowest BCUT2D eigenvalue weighted by Gasteiger charge is -2.32. The van der Waals surface area contributed by atoms with E-state index < -0.39 is 0 Å². The first-order valence-electron chi connectivity index (χ1n) is 10.4. The van der Waals surface area contributed by atoms with Crippen LogP contribution in [0.15, 0.2) is 42.5 Å². The van der Waals surface area contributed by atoms with Crippen LogP contribution in [0.25, 0.3) is 10.8 Å². The van der Waals surface area contributed by atoms with Crippen molar-refractivity contribution >= 4 is 16.7 Å². The number of hydrogen-bond donors (Lipinski definition) is 2. The quantitative estimate of drug-likeness (QED) is 0.829. The SMILES string of the molecule is O=C(Cc1ccc2ccccc2c1)N1C[C@@H](CN2CCC(O)CC2)[C@@H](CO)C1. The van der Waals surface area contributed by atoms with E-state index in [1.165, 1.54) is 5.39 Å². The van der Waals surface area contributed by atoms with Gasteiger partial charge in [0.15, 0.2) is 0 Å². The topological polar surface area (TPSA) is 64.0 Å². The van der Waals surface area contributed by atoms with Gasteiger partial charge >= 0.3 is 0 Å².